The summed E-state index contributed by atoms with van der Waals surface area (Å²) in [4.78, 5) is 61.4. The Morgan fingerprint density at radius 1 is 0.567 bits per heavy atom. The van der Waals surface area contributed by atoms with Gasteiger partial charge in [-0.2, -0.15) is 0 Å². The summed E-state index contributed by atoms with van der Waals surface area (Å²) in [6.07, 6.45) is 6.12. The van der Waals surface area contributed by atoms with Crippen LogP contribution in [0.2, 0.25) is 0 Å². The van der Waals surface area contributed by atoms with Crippen molar-refractivity contribution in [2.24, 2.45) is 10.8 Å². The average molecular weight is 427 g/mol. The number of ketones is 2. The van der Waals surface area contributed by atoms with Crippen LogP contribution in [0.3, 0.4) is 0 Å². The zero-order valence-corrected chi connectivity index (χ0v) is 19.9. The maximum Gasteiger partial charge on any atom is 0.368 e. The van der Waals surface area contributed by atoms with Crippen LogP contribution >= 0.6 is 0 Å². The summed E-state index contributed by atoms with van der Waals surface area (Å²) in [5.74, 6) is -2.02. The fraction of sp³-hybridized carbons (Fsp3) is 0.833. The summed E-state index contributed by atoms with van der Waals surface area (Å²) < 4.78 is 0. The molecule has 0 heterocycles. The number of hydrogen-bond acceptors (Lipinski definition) is 6. The average Bonchev–Trinajstić information content (AvgIpc) is 2.74. The van der Waals surface area contributed by atoms with Crippen molar-refractivity contribution in [3.8, 4) is 0 Å². The highest BCUT2D eigenvalue weighted by Crippen LogP contribution is 2.36. The number of hydrogen-bond donors (Lipinski definition) is 0. The predicted molar refractivity (Wildman–Crippen MR) is 117 cm³/mol. The van der Waals surface area contributed by atoms with Gasteiger partial charge in [-0.05, 0) is 38.5 Å². The van der Waals surface area contributed by atoms with Crippen molar-refractivity contribution in [2.75, 3.05) is 0 Å². The summed E-state index contributed by atoms with van der Waals surface area (Å²) in [5.41, 5.74) is -2.62. The van der Waals surface area contributed by atoms with Gasteiger partial charge in [0.25, 0.3) is 0 Å². The van der Waals surface area contributed by atoms with Gasteiger partial charge < -0.3 is 0 Å². The van der Waals surface area contributed by atoms with E-state index in [-0.39, 0.29) is 37.2 Å². The number of carbonyl (C=O) groups excluding carboxylic acids is 4. The van der Waals surface area contributed by atoms with Crippen molar-refractivity contribution in [1.29, 1.82) is 0 Å². The van der Waals surface area contributed by atoms with Crippen LogP contribution in [0, 0.1) is 10.8 Å². The Kier molecular flexibility index (Phi) is 13.5. The summed E-state index contributed by atoms with van der Waals surface area (Å²) in [6, 6.07) is 0. The van der Waals surface area contributed by atoms with E-state index < -0.39 is 22.8 Å². The first-order valence-electron chi connectivity index (χ1n) is 11.8. The van der Waals surface area contributed by atoms with Gasteiger partial charge in [0.05, 0.1) is 0 Å². The molecule has 0 radical (unpaired) electrons. The van der Waals surface area contributed by atoms with Crippen LogP contribution in [-0.2, 0) is 29.0 Å². The molecule has 2 unspecified atom stereocenters. The Balaban J connectivity index is 5.62. The van der Waals surface area contributed by atoms with Crippen molar-refractivity contribution >= 4 is 23.5 Å². The van der Waals surface area contributed by atoms with E-state index in [2.05, 4.69) is 0 Å². The molecule has 0 aromatic heterocycles. The molecule has 0 spiro atoms. The van der Waals surface area contributed by atoms with Gasteiger partial charge in [-0.15, -0.1) is 0 Å². The highest BCUT2D eigenvalue weighted by atomic mass is 17.2. The minimum absolute atomic E-state index is 0.184. The zero-order valence-electron chi connectivity index (χ0n) is 19.9. The molecule has 0 aromatic carbocycles. The number of Topliss-reactive ketones (excluding diaryl/α,β-unsaturated/α-hetero) is 2. The van der Waals surface area contributed by atoms with E-state index >= 15 is 0 Å². The fourth-order valence-electron chi connectivity index (χ4n) is 3.87. The van der Waals surface area contributed by atoms with Crippen molar-refractivity contribution in [2.45, 2.75) is 119 Å². The first-order chi connectivity index (χ1) is 14.3. The zero-order chi connectivity index (χ0) is 23.2. The van der Waals surface area contributed by atoms with E-state index in [1.807, 2.05) is 27.7 Å². The molecule has 0 aliphatic rings. The molecular weight excluding hydrogens is 384 g/mol. The molecule has 30 heavy (non-hydrogen) atoms. The fourth-order valence-corrected chi connectivity index (χ4v) is 3.87. The molecule has 0 saturated heterocycles. The van der Waals surface area contributed by atoms with Gasteiger partial charge in [0, 0.05) is 12.8 Å². The summed E-state index contributed by atoms with van der Waals surface area (Å²) >= 11 is 0. The van der Waals surface area contributed by atoms with Crippen LogP contribution in [0.15, 0.2) is 0 Å². The van der Waals surface area contributed by atoms with Crippen molar-refractivity contribution in [3.63, 3.8) is 0 Å². The van der Waals surface area contributed by atoms with E-state index in [0.717, 1.165) is 12.8 Å². The molecule has 6 heteroatoms. The highest BCUT2D eigenvalue weighted by molar-refractivity contribution is 6.05. The van der Waals surface area contributed by atoms with Crippen molar-refractivity contribution in [1.82, 2.24) is 0 Å². The first kappa shape index (κ1) is 28.3. The molecule has 0 N–H and O–H groups in total. The van der Waals surface area contributed by atoms with E-state index in [4.69, 9.17) is 9.78 Å². The van der Waals surface area contributed by atoms with Crippen LogP contribution in [0.5, 0.6) is 0 Å². The van der Waals surface area contributed by atoms with Gasteiger partial charge in [0.1, 0.15) is 22.4 Å². The van der Waals surface area contributed by atoms with Crippen LogP contribution in [0.1, 0.15) is 119 Å². The maximum atomic E-state index is 12.9. The van der Waals surface area contributed by atoms with Gasteiger partial charge in [0.15, 0.2) is 0 Å². The third-order valence-electron chi connectivity index (χ3n) is 6.12. The standard InChI is InChI=1S/C24H42O6/c1-7-13-17-23(11-5,19(25)15-9-3)21(27)29-30-22(28)24(12-6,18-14-8-2)20(26)16-10-4/h7-18H2,1-6H3. The van der Waals surface area contributed by atoms with E-state index in [0.29, 0.717) is 38.5 Å². The molecule has 0 amide bonds. The molecule has 0 aromatic rings. The second kappa shape index (κ2) is 14.3. The molecular formula is C24H42O6. The summed E-state index contributed by atoms with van der Waals surface area (Å²) in [7, 11) is 0. The molecule has 6 nitrogen and oxygen atoms in total. The topological polar surface area (TPSA) is 86.7 Å². The Labute approximate surface area is 182 Å². The normalized spacial score (nSPS) is 15.0. The van der Waals surface area contributed by atoms with Crippen LogP contribution in [-0.4, -0.2) is 23.5 Å². The van der Waals surface area contributed by atoms with Crippen molar-refractivity contribution in [3.05, 3.63) is 0 Å². The van der Waals surface area contributed by atoms with Gasteiger partial charge in [0.2, 0.25) is 0 Å². The van der Waals surface area contributed by atoms with Gasteiger partial charge in [-0.3, -0.25) is 9.59 Å². The molecule has 0 aliphatic carbocycles. The quantitative estimate of drug-likeness (QED) is 0.173. The molecule has 174 valence electrons. The van der Waals surface area contributed by atoms with E-state index in [9.17, 15) is 19.2 Å². The molecule has 0 saturated carbocycles. The third-order valence-corrected chi connectivity index (χ3v) is 6.12. The minimum Gasteiger partial charge on any atom is -0.298 e. The van der Waals surface area contributed by atoms with Gasteiger partial charge in [-0.1, -0.05) is 67.2 Å². The second-order valence-corrected chi connectivity index (χ2v) is 8.17. The number of carbonyl (C=O) groups is 4. The summed E-state index contributed by atoms with van der Waals surface area (Å²) in [5, 5.41) is 0. The second-order valence-electron chi connectivity index (χ2n) is 8.17. The Bertz CT molecular complexity index is 520. The van der Waals surface area contributed by atoms with Crippen LogP contribution in [0.25, 0.3) is 0 Å². The third kappa shape index (κ3) is 6.92. The van der Waals surface area contributed by atoms with E-state index in [1.165, 1.54) is 0 Å². The predicted octanol–water partition coefficient (Wildman–Crippen LogP) is 5.90. The number of rotatable bonds is 16. The largest absolute Gasteiger partial charge is 0.368 e. The molecule has 0 fully saturated rings. The molecule has 0 bridgehead atoms. The lowest BCUT2D eigenvalue weighted by atomic mass is 9.75. The lowest BCUT2D eigenvalue weighted by Crippen LogP contribution is -2.44. The first-order valence-corrected chi connectivity index (χ1v) is 11.8. The Morgan fingerprint density at radius 3 is 1.13 bits per heavy atom. The molecule has 0 aliphatic heterocycles. The monoisotopic (exact) mass is 426 g/mol. The lowest BCUT2D eigenvalue weighted by Gasteiger charge is -2.30. The lowest BCUT2D eigenvalue weighted by molar-refractivity contribution is -0.272. The Morgan fingerprint density at radius 2 is 0.900 bits per heavy atom. The minimum atomic E-state index is -1.31. The van der Waals surface area contributed by atoms with Gasteiger partial charge in [-0.25, -0.2) is 19.4 Å². The van der Waals surface area contributed by atoms with Crippen LogP contribution in [0.4, 0.5) is 0 Å². The van der Waals surface area contributed by atoms with Crippen molar-refractivity contribution < 1.29 is 29.0 Å². The maximum absolute atomic E-state index is 12.9. The molecule has 0 rings (SSSR count). The molecule has 2 atom stereocenters. The summed E-state index contributed by atoms with van der Waals surface area (Å²) in [6.45, 7) is 11.3. The Hall–Kier alpha value is -1.72. The van der Waals surface area contributed by atoms with Crippen LogP contribution < -0.4 is 0 Å². The number of unbranched alkanes of at least 4 members (excludes halogenated alkanes) is 2. The smallest absolute Gasteiger partial charge is 0.298 e. The van der Waals surface area contributed by atoms with E-state index in [1.54, 1.807) is 13.8 Å². The SMILES string of the molecule is CCCCC(CC)(C(=O)CCC)C(=O)OOC(=O)C(CC)(CCCC)C(=O)CCC. The van der Waals surface area contributed by atoms with Gasteiger partial charge >= 0.3 is 11.9 Å². The highest BCUT2D eigenvalue weighted by Gasteiger charge is 2.48.